The largest absolute Gasteiger partial charge is 0.485 e. The molecule has 0 radical (unpaired) electrons. The molecule has 1 saturated heterocycles. The van der Waals surface area contributed by atoms with Crippen LogP contribution in [0.25, 0.3) is 0 Å². The van der Waals surface area contributed by atoms with Gasteiger partial charge in [-0.2, -0.15) is 13.5 Å². The van der Waals surface area contributed by atoms with Crippen molar-refractivity contribution >= 4 is 56.2 Å². The molecular weight excluding hydrogens is 697 g/mol. The fraction of sp³-hybridized carbons (Fsp3) is 0.533. The Morgan fingerprint density at radius 3 is 2.62 bits per heavy atom. The Balaban J connectivity index is 1.19. The third-order valence-corrected chi connectivity index (χ3v) is 10.8. The average molecular weight is 735 g/mol. The van der Waals surface area contributed by atoms with Crippen molar-refractivity contribution in [3.63, 3.8) is 0 Å². The topological polar surface area (TPSA) is 284 Å². The van der Waals surface area contributed by atoms with Gasteiger partial charge in [-0.25, -0.2) is 9.78 Å². The number of benzene rings is 1. The number of amidine groups is 1. The van der Waals surface area contributed by atoms with Crippen LogP contribution < -0.4 is 27.3 Å². The van der Waals surface area contributed by atoms with E-state index in [0.717, 1.165) is 41.7 Å². The number of carbonyl (C=O) groups excluding carboxylic acids is 2. The van der Waals surface area contributed by atoms with E-state index in [1.807, 2.05) is 6.07 Å². The van der Waals surface area contributed by atoms with Crippen LogP contribution in [0.4, 0.5) is 5.13 Å². The first-order chi connectivity index (χ1) is 23.4. The minimum Gasteiger partial charge on any atom is -0.485 e. The lowest BCUT2D eigenvalue weighted by Gasteiger charge is -2.50. The summed E-state index contributed by atoms with van der Waals surface area (Å²) in [6.45, 7) is 4.00. The van der Waals surface area contributed by atoms with Gasteiger partial charge in [0.1, 0.15) is 23.3 Å². The number of nitrogens with zero attached hydrogens (tertiary/aromatic N) is 4. The van der Waals surface area contributed by atoms with Gasteiger partial charge in [-0.3, -0.25) is 19.1 Å². The van der Waals surface area contributed by atoms with Crippen molar-refractivity contribution in [1.29, 1.82) is 0 Å². The second-order valence-corrected chi connectivity index (χ2v) is 15.5. The number of aryl methyl sites for hydroxylation is 1. The number of hydrogen-bond acceptors (Lipinski definition) is 14. The van der Waals surface area contributed by atoms with Crippen molar-refractivity contribution in [2.45, 2.75) is 88.2 Å². The van der Waals surface area contributed by atoms with Crippen molar-refractivity contribution in [2.24, 2.45) is 33.5 Å². The number of hydroxylamine groups is 2. The van der Waals surface area contributed by atoms with Gasteiger partial charge in [0.25, 0.3) is 17.4 Å². The predicted octanol–water partition coefficient (Wildman–Crippen LogP) is 0.354. The van der Waals surface area contributed by atoms with Gasteiger partial charge in [-0.15, -0.1) is 15.6 Å². The summed E-state index contributed by atoms with van der Waals surface area (Å²) in [6.07, 6.45) is 2.45. The highest BCUT2D eigenvalue weighted by Gasteiger charge is 2.58. The maximum atomic E-state index is 13.5. The van der Waals surface area contributed by atoms with Crippen molar-refractivity contribution < 1.29 is 46.3 Å². The number of β-lactam (4-membered cyclic amide) rings is 1. The second-order valence-electron chi connectivity index (χ2n) is 13.6. The number of carboxylic acids is 1. The Morgan fingerprint density at radius 1 is 1.24 bits per heavy atom. The van der Waals surface area contributed by atoms with E-state index < -0.39 is 57.2 Å². The van der Waals surface area contributed by atoms with Crippen LogP contribution in [0, 0.1) is 11.8 Å². The molecule has 2 amide bonds. The summed E-state index contributed by atoms with van der Waals surface area (Å²) in [7, 11) is -5.03. The fourth-order valence-electron chi connectivity index (χ4n) is 6.71. The highest BCUT2D eigenvalue weighted by atomic mass is 32.3. The summed E-state index contributed by atoms with van der Waals surface area (Å²) in [4.78, 5) is 53.2. The SMILES string of the molecule is CC(ON=C(C(=O)NC1C(=O)N(OS(=O)(=O)O)C1(C)C)c1csc(N)n1)(C(=O)O)C1CCc2cc(C(N)=N[C@@H]3CC[C@@H](N)[C@@H]4C[C@@H]43)ccc2O1. The van der Waals surface area contributed by atoms with Gasteiger partial charge in [-0.1, -0.05) is 5.16 Å². The zero-order valence-corrected chi connectivity index (χ0v) is 28.9. The lowest BCUT2D eigenvalue weighted by molar-refractivity contribution is -0.218. The number of nitrogens with one attached hydrogen (secondary N) is 1. The molecule has 2 aromatic rings. The Morgan fingerprint density at radius 2 is 1.98 bits per heavy atom. The molecule has 2 aliphatic carbocycles. The average Bonchev–Trinajstić information content (AvgIpc) is 3.77. The quantitative estimate of drug-likeness (QED) is 0.0598. The van der Waals surface area contributed by atoms with Crippen LogP contribution in [0.3, 0.4) is 0 Å². The minimum absolute atomic E-state index is 0.0613. The molecule has 18 nitrogen and oxygen atoms in total. The van der Waals surface area contributed by atoms with E-state index in [1.165, 1.54) is 26.2 Å². The molecule has 50 heavy (non-hydrogen) atoms. The smallest absolute Gasteiger partial charge is 0.418 e. The van der Waals surface area contributed by atoms with Crippen molar-refractivity contribution in [3.05, 3.63) is 40.4 Å². The molecule has 0 spiro atoms. The van der Waals surface area contributed by atoms with Gasteiger partial charge >= 0.3 is 16.4 Å². The van der Waals surface area contributed by atoms with Crippen molar-refractivity contribution in [3.8, 4) is 5.75 Å². The lowest BCUT2D eigenvalue weighted by Crippen LogP contribution is -2.76. The zero-order chi connectivity index (χ0) is 36.3. The Bertz CT molecular complexity index is 1900. The Hall–Kier alpha value is -4.37. The number of carboxylic acid groups (broad SMARTS) is 1. The van der Waals surface area contributed by atoms with Crippen LogP contribution in [0.5, 0.6) is 5.75 Å². The molecule has 3 fully saturated rings. The number of fused-ring (bicyclic) bond motifs is 2. The number of ether oxygens (including phenoxy) is 1. The van der Waals surface area contributed by atoms with Crippen LogP contribution in [0.1, 0.15) is 63.3 Å². The monoisotopic (exact) mass is 734 g/mol. The third kappa shape index (κ3) is 6.72. The van der Waals surface area contributed by atoms with E-state index in [1.54, 1.807) is 12.1 Å². The molecule has 3 unspecified atom stereocenters. The van der Waals surface area contributed by atoms with E-state index in [-0.39, 0.29) is 29.3 Å². The number of aliphatic carboxylic acids is 1. The summed E-state index contributed by atoms with van der Waals surface area (Å²) in [5.41, 5.74) is 15.8. The number of nitrogens with two attached hydrogens (primary N) is 3. The van der Waals surface area contributed by atoms with Gasteiger partial charge in [0.15, 0.2) is 16.9 Å². The molecular formula is C30H38N8O10S2. The predicted molar refractivity (Wildman–Crippen MR) is 178 cm³/mol. The number of nitrogen functional groups attached to an aromatic ring is 1. The maximum absolute atomic E-state index is 13.5. The fourth-order valence-corrected chi connectivity index (χ4v) is 7.71. The van der Waals surface area contributed by atoms with Gasteiger partial charge in [0, 0.05) is 17.0 Å². The van der Waals surface area contributed by atoms with E-state index >= 15 is 0 Å². The molecule has 2 saturated carbocycles. The van der Waals surface area contributed by atoms with Gasteiger partial charge in [-0.05, 0) is 88.5 Å². The van der Waals surface area contributed by atoms with Crippen LogP contribution >= 0.6 is 11.3 Å². The van der Waals surface area contributed by atoms with Gasteiger partial charge in [0.05, 0.1) is 11.6 Å². The van der Waals surface area contributed by atoms with Crippen LogP contribution in [0.2, 0.25) is 0 Å². The number of aliphatic imine (C=N–C) groups is 1. The number of anilines is 1. The summed E-state index contributed by atoms with van der Waals surface area (Å²) in [5.74, 6) is -1.60. The minimum atomic E-state index is -5.03. The molecule has 6 rings (SSSR count). The number of aromatic nitrogens is 1. The first kappa shape index (κ1) is 35.5. The summed E-state index contributed by atoms with van der Waals surface area (Å²) in [5, 5.41) is 18.4. The summed E-state index contributed by atoms with van der Waals surface area (Å²) >= 11 is 0.968. The van der Waals surface area contributed by atoms with Crippen molar-refractivity contribution in [2.75, 3.05) is 5.73 Å². The molecule has 9 N–H and O–H groups in total. The first-order valence-electron chi connectivity index (χ1n) is 15.8. The normalized spacial score (nSPS) is 28.7. The highest BCUT2D eigenvalue weighted by Crippen LogP contribution is 2.50. The number of amides is 2. The molecule has 20 heteroatoms. The van der Waals surface area contributed by atoms with Crippen molar-refractivity contribution in [1.82, 2.24) is 15.4 Å². The van der Waals surface area contributed by atoms with Gasteiger partial charge < -0.3 is 37.2 Å². The van der Waals surface area contributed by atoms with E-state index in [4.69, 9.17) is 36.3 Å². The van der Waals surface area contributed by atoms with Crippen LogP contribution in [0.15, 0.2) is 33.7 Å². The standard InChI is InChI=1S/C30H38N8O10S2/c1-29(2)23(26(40)38(29)48-50(43,44)45)36-25(39)22(19-12-49-28(33)35-19)37-47-30(3,27(41)42)21-9-5-13-10-14(4-8-20(13)46-21)24(32)34-18-7-6-17(31)15-11-16(15)18/h4,8,10,12,15-18,21,23H,5-7,9,11,31H2,1-3H3,(H2,32,34)(H2,33,35)(H,36,39)(H,41,42)(H,43,44,45)/t15-,16+,17-,18-,21?,23?,30?/m1/s1. The molecule has 2 aliphatic heterocycles. The highest BCUT2D eigenvalue weighted by molar-refractivity contribution is 7.80. The number of hydrogen-bond donors (Lipinski definition) is 6. The third-order valence-electron chi connectivity index (χ3n) is 9.80. The number of oxime groups is 1. The Labute approximate surface area is 290 Å². The molecule has 3 heterocycles. The van der Waals surface area contributed by atoms with E-state index in [2.05, 4.69) is 19.7 Å². The van der Waals surface area contributed by atoms with E-state index in [9.17, 15) is 27.9 Å². The number of carbonyl (C=O) groups is 3. The number of rotatable bonds is 11. The molecule has 270 valence electrons. The Kier molecular flexibility index (Phi) is 9.04. The van der Waals surface area contributed by atoms with Crippen LogP contribution in [-0.2, 0) is 40.3 Å². The second kappa shape index (κ2) is 12.7. The van der Waals surface area contributed by atoms with E-state index in [0.29, 0.717) is 34.9 Å². The first-order valence-corrected chi connectivity index (χ1v) is 18.0. The van der Waals surface area contributed by atoms with Gasteiger partial charge in [0.2, 0.25) is 0 Å². The summed E-state index contributed by atoms with van der Waals surface area (Å²) < 4.78 is 41.8. The lowest BCUT2D eigenvalue weighted by atomic mass is 9.84. The molecule has 7 atom stereocenters. The molecule has 1 aromatic carbocycles. The van der Waals surface area contributed by atoms with Crippen LogP contribution in [-0.4, -0.2) is 92.8 Å². The summed E-state index contributed by atoms with van der Waals surface area (Å²) in [6, 6.07) is 4.38. The molecule has 0 bridgehead atoms. The molecule has 4 aliphatic rings. The molecule has 1 aromatic heterocycles. The maximum Gasteiger partial charge on any atom is 0.418 e. The number of thiazole rings is 1. The zero-order valence-electron chi connectivity index (χ0n) is 27.3.